The van der Waals surface area contributed by atoms with Crippen molar-refractivity contribution in [3.05, 3.63) is 28.8 Å². The van der Waals surface area contributed by atoms with Crippen LogP contribution in [0.5, 0.6) is 0 Å². The quantitative estimate of drug-likeness (QED) is 0.760. The molecule has 0 saturated heterocycles. The molecule has 1 aromatic carbocycles. The van der Waals surface area contributed by atoms with Crippen molar-refractivity contribution in [2.24, 2.45) is 0 Å². The minimum Gasteiger partial charge on any atom is -0.410 e. The van der Waals surface area contributed by atoms with Crippen molar-refractivity contribution in [2.75, 3.05) is 14.2 Å². The van der Waals surface area contributed by atoms with Crippen LogP contribution in [-0.4, -0.2) is 21.3 Å². The standard InChI is InChI=1S/C20H35BO2/c1-18(2,3)14-12-15(19(4,5)6)17(21(22-10)23-11)16(13-14)20(7,8)9/h12-13H,1-11H3. The van der Waals surface area contributed by atoms with Crippen molar-refractivity contribution in [3.8, 4) is 0 Å². The fourth-order valence-corrected chi connectivity index (χ4v) is 2.91. The van der Waals surface area contributed by atoms with Gasteiger partial charge in [-0.15, -0.1) is 0 Å². The van der Waals surface area contributed by atoms with Gasteiger partial charge in [-0.25, -0.2) is 0 Å². The number of hydrogen-bond donors (Lipinski definition) is 0. The van der Waals surface area contributed by atoms with E-state index in [2.05, 4.69) is 74.4 Å². The van der Waals surface area contributed by atoms with E-state index in [0.29, 0.717) is 0 Å². The normalized spacial score (nSPS) is 13.3. The van der Waals surface area contributed by atoms with Crippen molar-refractivity contribution >= 4 is 12.6 Å². The van der Waals surface area contributed by atoms with Gasteiger partial charge in [-0.1, -0.05) is 74.4 Å². The molecule has 0 aliphatic carbocycles. The summed E-state index contributed by atoms with van der Waals surface area (Å²) in [7, 11) is 3.09. The van der Waals surface area contributed by atoms with Crippen LogP contribution in [0.15, 0.2) is 12.1 Å². The van der Waals surface area contributed by atoms with Crippen molar-refractivity contribution in [1.29, 1.82) is 0 Å². The van der Waals surface area contributed by atoms with E-state index in [1.54, 1.807) is 14.2 Å². The lowest BCUT2D eigenvalue weighted by atomic mass is 9.62. The van der Waals surface area contributed by atoms with E-state index >= 15 is 0 Å². The lowest BCUT2D eigenvalue weighted by Crippen LogP contribution is -2.45. The van der Waals surface area contributed by atoms with Gasteiger partial charge in [-0.3, -0.25) is 0 Å². The molecule has 23 heavy (non-hydrogen) atoms. The summed E-state index contributed by atoms with van der Waals surface area (Å²) in [5.74, 6) is 0. The Morgan fingerprint density at radius 3 is 1.22 bits per heavy atom. The topological polar surface area (TPSA) is 18.5 Å². The van der Waals surface area contributed by atoms with Gasteiger partial charge in [0.1, 0.15) is 0 Å². The maximum absolute atomic E-state index is 5.66. The first kappa shape index (κ1) is 20.2. The lowest BCUT2D eigenvalue weighted by molar-refractivity contribution is 0.290. The minimum atomic E-state index is -0.340. The van der Waals surface area contributed by atoms with E-state index in [1.165, 1.54) is 22.2 Å². The summed E-state index contributed by atoms with van der Waals surface area (Å²) in [6, 6.07) is 4.69. The summed E-state index contributed by atoms with van der Waals surface area (Å²) in [6.07, 6.45) is 0. The van der Waals surface area contributed by atoms with Crippen LogP contribution in [0.3, 0.4) is 0 Å². The van der Waals surface area contributed by atoms with Crippen LogP contribution < -0.4 is 5.46 Å². The molecule has 0 spiro atoms. The summed E-state index contributed by atoms with van der Waals surface area (Å²) < 4.78 is 11.3. The predicted octanol–water partition coefficient (Wildman–Crippen LogP) is 4.57. The average Bonchev–Trinajstić information content (AvgIpc) is 2.36. The molecule has 0 saturated carbocycles. The van der Waals surface area contributed by atoms with E-state index in [4.69, 9.17) is 9.31 Å². The minimum absolute atomic E-state index is 0.0197. The highest BCUT2D eigenvalue weighted by atomic mass is 16.6. The molecule has 3 heteroatoms. The summed E-state index contributed by atoms with van der Waals surface area (Å²) in [4.78, 5) is 0. The van der Waals surface area contributed by atoms with Gasteiger partial charge in [0.15, 0.2) is 0 Å². The van der Waals surface area contributed by atoms with Gasteiger partial charge < -0.3 is 9.31 Å². The van der Waals surface area contributed by atoms with Crippen LogP contribution in [0, 0.1) is 0 Å². The summed E-state index contributed by atoms with van der Waals surface area (Å²) in [5, 5.41) is 0. The van der Waals surface area contributed by atoms with Crippen molar-refractivity contribution in [1.82, 2.24) is 0 Å². The van der Waals surface area contributed by atoms with Gasteiger partial charge in [-0.2, -0.15) is 0 Å². The zero-order valence-corrected chi connectivity index (χ0v) is 17.0. The van der Waals surface area contributed by atoms with Gasteiger partial charge in [0.05, 0.1) is 0 Å². The molecule has 0 bridgehead atoms. The van der Waals surface area contributed by atoms with E-state index in [-0.39, 0.29) is 23.4 Å². The molecule has 0 heterocycles. The zero-order valence-electron chi connectivity index (χ0n) is 17.0. The van der Waals surface area contributed by atoms with Gasteiger partial charge in [0.25, 0.3) is 0 Å². The fourth-order valence-electron chi connectivity index (χ4n) is 2.91. The third-order valence-electron chi connectivity index (χ3n) is 4.33. The third-order valence-corrected chi connectivity index (χ3v) is 4.33. The van der Waals surface area contributed by atoms with Gasteiger partial charge >= 0.3 is 7.12 Å². The predicted molar refractivity (Wildman–Crippen MR) is 102 cm³/mol. The molecular weight excluding hydrogens is 283 g/mol. The monoisotopic (exact) mass is 318 g/mol. The number of hydrogen-bond acceptors (Lipinski definition) is 2. The van der Waals surface area contributed by atoms with Crippen LogP contribution in [-0.2, 0) is 25.6 Å². The molecule has 0 aromatic heterocycles. The Morgan fingerprint density at radius 1 is 0.652 bits per heavy atom. The highest BCUT2D eigenvalue weighted by molar-refractivity contribution is 6.62. The molecule has 0 aliphatic rings. The first-order chi connectivity index (χ1) is 10.2. The highest BCUT2D eigenvalue weighted by Crippen LogP contribution is 2.33. The Hall–Kier alpha value is -0.795. The van der Waals surface area contributed by atoms with E-state index < -0.39 is 0 Å². The van der Waals surface area contributed by atoms with Crippen LogP contribution in [0.1, 0.15) is 79.0 Å². The van der Waals surface area contributed by atoms with Gasteiger partial charge in [0.2, 0.25) is 0 Å². The first-order valence-corrected chi connectivity index (χ1v) is 8.48. The number of rotatable bonds is 3. The Kier molecular flexibility index (Phi) is 5.81. The Balaban J connectivity index is 3.90. The van der Waals surface area contributed by atoms with Crippen LogP contribution in [0.2, 0.25) is 0 Å². The summed E-state index contributed by atoms with van der Waals surface area (Å²) in [5.41, 5.74) is 5.31. The second-order valence-electron chi connectivity index (χ2n) is 9.54. The largest absolute Gasteiger partial charge is 0.494 e. The fraction of sp³-hybridized carbons (Fsp3) is 0.700. The maximum atomic E-state index is 5.66. The molecule has 0 N–H and O–H groups in total. The molecule has 0 atom stereocenters. The molecule has 0 amide bonds. The third kappa shape index (κ3) is 4.61. The lowest BCUT2D eigenvalue weighted by Gasteiger charge is -2.34. The van der Waals surface area contributed by atoms with Crippen LogP contribution in [0.25, 0.3) is 0 Å². The molecule has 130 valence electrons. The second-order valence-corrected chi connectivity index (χ2v) is 9.54. The van der Waals surface area contributed by atoms with E-state index in [0.717, 1.165) is 0 Å². The molecular formula is C20H35BO2. The Bertz CT molecular complexity index is 503. The smallest absolute Gasteiger partial charge is 0.410 e. The highest BCUT2D eigenvalue weighted by Gasteiger charge is 2.35. The Labute approximate surface area is 144 Å². The SMILES string of the molecule is COB(OC)c1c(C(C)(C)C)cc(C(C)(C)C)cc1C(C)(C)C. The molecule has 0 aliphatic heterocycles. The van der Waals surface area contributed by atoms with Crippen molar-refractivity contribution in [2.45, 2.75) is 78.6 Å². The maximum Gasteiger partial charge on any atom is 0.494 e. The molecule has 2 nitrogen and oxygen atoms in total. The molecule has 0 fully saturated rings. The molecule has 0 unspecified atom stereocenters. The number of benzene rings is 1. The summed E-state index contributed by atoms with van der Waals surface area (Å²) in [6.45, 7) is 20.3. The van der Waals surface area contributed by atoms with E-state index in [1.807, 2.05) is 0 Å². The zero-order chi connectivity index (χ0) is 18.2. The van der Waals surface area contributed by atoms with Crippen LogP contribution in [0.4, 0.5) is 0 Å². The summed E-state index contributed by atoms with van der Waals surface area (Å²) >= 11 is 0. The average molecular weight is 318 g/mol. The van der Waals surface area contributed by atoms with Gasteiger partial charge in [-0.05, 0) is 38.4 Å². The van der Waals surface area contributed by atoms with Gasteiger partial charge in [0, 0.05) is 14.2 Å². The molecule has 1 rings (SSSR count). The van der Waals surface area contributed by atoms with E-state index in [9.17, 15) is 0 Å². The molecule has 0 radical (unpaired) electrons. The van der Waals surface area contributed by atoms with Crippen LogP contribution >= 0.6 is 0 Å². The van der Waals surface area contributed by atoms with Crippen molar-refractivity contribution < 1.29 is 9.31 Å². The Morgan fingerprint density at radius 2 is 1.00 bits per heavy atom. The first-order valence-electron chi connectivity index (χ1n) is 8.48. The second kappa shape index (κ2) is 6.60. The van der Waals surface area contributed by atoms with Crippen molar-refractivity contribution in [3.63, 3.8) is 0 Å². The molecule has 1 aromatic rings.